The molecule has 1 heterocycles. The summed E-state index contributed by atoms with van der Waals surface area (Å²) >= 11 is 0. The summed E-state index contributed by atoms with van der Waals surface area (Å²) in [7, 11) is 0. The summed E-state index contributed by atoms with van der Waals surface area (Å²) in [6.07, 6.45) is -0.511. The highest BCUT2D eigenvalue weighted by Gasteiger charge is 2.28. The van der Waals surface area contributed by atoms with Crippen molar-refractivity contribution in [1.82, 2.24) is 0 Å². The summed E-state index contributed by atoms with van der Waals surface area (Å²) < 4.78 is 58.3. The first-order valence-electron chi connectivity index (χ1n) is 6.32. The van der Waals surface area contributed by atoms with Crippen molar-refractivity contribution in [3.8, 4) is 5.75 Å². The number of hydrogen-bond acceptors (Lipinski definition) is 2. The first-order chi connectivity index (χ1) is 9.95. The van der Waals surface area contributed by atoms with Crippen molar-refractivity contribution < 1.29 is 22.3 Å². The molecule has 2 aromatic carbocycles. The van der Waals surface area contributed by atoms with Gasteiger partial charge in [0.2, 0.25) is 0 Å². The van der Waals surface area contributed by atoms with Crippen molar-refractivity contribution in [3.05, 3.63) is 64.7 Å². The lowest BCUT2D eigenvalue weighted by Crippen LogP contribution is -2.24. The number of ether oxygens (including phenoxy) is 1. The largest absolute Gasteiger partial charge is 0.485 e. The molecule has 1 aliphatic heterocycles. The Hall–Kier alpha value is -2.08. The van der Waals surface area contributed by atoms with Gasteiger partial charge >= 0.3 is 0 Å². The summed E-state index contributed by atoms with van der Waals surface area (Å²) in [5.74, 6) is -4.18. The summed E-state index contributed by atoms with van der Waals surface area (Å²) in [4.78, 5) is 0. The first-order valence-corrected chi connectivity index (χ1v) is 6.32. The maximum Gasteiger partial charge on any atom is 0.194 e. The minimum Gasteiger partial charge on any atom is -0.485 e. The number of rotatable bonds is 1. The molecule has 3 rings (SSSR count). The molecule has 1 aliphatic rings. The van der Waals surface area contributed by atoms with Gasteiger partial charge in [0.15, 0.2) is 17.5 Å². The molecule has 110 valence electrons. The van der Waals surface area contributed by atoms with Gasteiger partial charge < -0.3 is 10.5 Å². The van der Waals surface area contributed by atoms with Crippen molar-refractivity contribution >= 4 is 0 Å². The van der Waals surface area contributed by atoms with E-state index >= 15 is 0 Å². The van der Waals surface area contributed by atoms with Crippen molar-refractivity contribution in [2.75, 3.05) is 0 Å². The van der Waals surface area contributed by atoms with Crippen LogP contribution in [-0.4, -0.2) is 0 Å². The predicted octanol–water partition coefficient (Wildman–Crippen LogP) is 3.77. The van der Waals surface area contributed by atoms with Crippen LogP contribution >= 0.6 is 0 Å². The number of fused-ring (bicyclic) bond motifs is 1. The fourth-order valence-corrected chi connectivity index (χ4v) is 2.44. The third-order valence-electron chi connectivity index (χ3n) is 3.49. The molecule has 0 amide bonds. The van der Waals surface area contributed by atoms with Crippen LogP contribution < -0.4 is 10.5 Å². The van der Waals surface area contributed by atoms with Crippen molar-refractivity contribution in [3.63, 3.8) is 0 Å². The average molecular weight is 297 g/mol. The number of hydrogen-bond donors (Lipinski definition) is 1. The average Bonchev–Trinajstić information content (AvgIpc) is 2.44. The SMILES string of the molecule is N[C@H]1CC(c2cc(F)c(F)c(F)c2)Oc2ccc(F)cc21. The third-order valence-corrected chi connectivity index (χ3v) is 3.49. The van der Waals surface area contributed by atoms with E-state index in [0.717, 1.165) is 12.1 Å². The quantitative estimate of drug-likeness (QED) is 0.642. The highest BCUT2D eigenvalue weighted by molar-refractivity contribution is 5.39. The molecule has 21 heavy (non-hydrogen) atoms. The number of benzene rings is 2. The molecule has 0 aliphatic carbocycles. The van der Waals surface area contributed by atoms with Crippen LogP contribution in [0.3, 0.4) is 0 Å². The van der Waals surface area contributed by atoms with Gasteiger partial charge in [-0.05, 0) is 35.9 Å². The van der Waals surface area contributed by atoms with Gasteiger partial charge in [0.25, 0.3) is 0 Å². The Morgan fingerprint density at radius 3 is 2.33 bits per heavy atom. The fourth-order valence-electron chi connectivity index (χ4n) is 2.44. The molecular weight excluding hydrogens is 286 g/mol. The highest BCUT2D eigenvalue weighted by atomic mass is 19.2. The summed E-state index contributed by atoms with van der Waals surface area (Å²) in [5.41, 5.74) is 6.59. The van der Waals surface area contributed by atoms with Crippen molar-refractivity contribution in [1.29, 1.82) is 0 Å². The van der Waals surface area contributed by atoms with Gasteiger partial charge in [-0.25, -0.2) is 17.6 Å². The molecule has 1 unspecified atom stereocenters. The molecule has 0 fully saturated rings. The Bertz CT molecular complexity index is 681. The summed E-state index contributed by atoms with van der Waals surface area (Å²) in [6.45, 7) is 0. The van der Waals surface area contributed by atoms with Gasteiger partial charge in [0, 0.05) is 18.0 Å². The minimum absolute atomic E-state index is 0.150. The molecule has 0 saturated heterocycles. The van der Waals surface area contributed by atoms with Gasteiger partial charge in [0.1, 0.15) is 17.7 Å². The van der Waals surface area contributed by atoms with Gasteiger partial charge in [-0.15, -0.1) is 0 Å². The molecule has 2 aromatic rings. The molecule has 2 atom stereocenters. The van der Waals surface area contributed by atoms with Crippen LogP contribution in [0.15, 0.2) is 30.3 Å². The second-order valence-corrected chi connectivity index (χ2v) is 4.93. The fraction of sp³-hybridized carbons (Fsp3) is 0.200. The van der Waals surface area contributed by atoms with Crippen LogP contribution in [0.1, 0.15) is 29.7 Å². The topological polar surface area (TPSA) is 35.2 Å². The third kappa shape index (κ3) is 2.47. The minimum atomic E-state index is -1.53. The van der Waals surface area contributed by atoms with Crippen LogP contribution in [0.5, 0.6) is 5.75 Å². The van der Waals surface area contributed by atoms with Gasteiger partial charge in [-0.1, -0.05) is 0 Å². The Morgan fingerprint density at radius 2 is 1.67 bits per heavy atom. The molecule has 2 nitrogen and oxygen atoms in total. The van der Waals surface area contributed by atoms with Crippen LogP contribution in [0.2, 0.25) is 0 Å². The van der Waals surface area contributed by atoms with Crippen LogP contribution in [0.25, 0.3) is 0 Å². The Kier molecular flexibility index (Phi) is 3.33. The molecule has 0 saturated carbocycles. The van der Waals surface area contributed by atoms with Gasteiger partial charge in [-0.3, -0.25) is 0 Å². The molecule has 0 aromatic heterocycles. The van der Waals surface area contributed by atoms with E-state index in [4.69, 9.17) is 10.5 Å². The molecule has 6 heteroatoms. The smallest absolute Gasteiger partial charge is 0.194 e. The van der Waals surface area contributed by atoms with Gasteiger partial charge in [-0.2, -0.15) is 0 Å². The second-order valence-electron chi connectivity index (χ2n) is 4.93. The van der Waals surface area contributed by atoms with E-state index in [-0.39, 0.29) is 12.0 Å². The lowest BCUT2D eigenvalue weighted by atomic mass is 9.93. The molecule has 0 radical (unpaired) electrons. The maximum absolute atomic E-state index is 13.3. The Labute approximate surface area is 118 Å². The first kappa shape index (κ1) is 13.9. The molecular formula is C15H11F4NO. The van der Waals surface area contributed by atoms with Crippen molar-refractivity contribution in [2.45, 2.75) is 18.6 Å². The second kappa shape index (κ2) is 5.04. The van der Waals surface area contributed by atoms with Crippen LogP contribution in [0.4, 0.5) is 17.6 Å². The number of nitrogens with two attached hydrogens (primary N) is 1. The van der Waals surface area contributed by atoms with E-state index in [2.05, 4.69) is 0 Å². The van der Waals surface area contributed by atoms with E-state index in [9.17, 15) is 17.6 Å². The normalized spacial score (nSPS) is 20.8. The van der Waals surface area contributed by atoms with Crippen molar-refractivity contribution in [2.24, 2.45) is 5.73 Å². The lowest BCUT2D eigenvalue weighted by molar-refractivity contribution is 0.160. The number of halogens is 4. The lowest BCUT2D eigenvalue weighted by Gasteiger charge is -2.30. The van der Waals surface area contributed by atoms with E-state index in [1.54, 1.807) is 0 Å². The highest BCUT2D eigenvalue weighted by Crippen LogP contribution is 2.40. The molecule has 0 spiro atoms. The zero-order chi connectivity index (χ0) is 15.1. The standard InChI is InChI=1S/C15H11F4NO/c16-8-1-2-13-9(5-8)12(20)6-14(21-13)7-3-10(17)15(19)11(18)4-7/h1-5,12,14H,6,20H2/t12-,14?/m0/s1. The Balaban J connectivity index is 1.98. The molecule has 0 bridgehead atoms. The maximum atomic E-state index is 13.3. The van der Waals surface area contributed by atoms with E-state index in [0.29, 0.717) is 11.3 Å². The predicted molar refractivity (Wildman–Crippen MR) is 67.6 cm³/mol. The van der Waals surface area contributed by atoms with E-state index in [1.807, 2.05) is 0 Å². The van der Waals surface area contributed by atoms with Crippen LogP contribution in [-0.2, 0) is 0 Å². The van der Waals surface area contributed by atoms with E-state index < -0.39 is 35.4 Å². The molecule has 2 N–H and O–H groups in total. The summed E-state index contributed by atoms with van der Waals surface area (Å²) in [6, 6.07) is 5.11. The van der Waals surface area contributed by atoms with E-state index in [1.165, 1.54) is 18.2 Å². The van der Waals surface area contributed by atoms with Crippen LogP contribution in [0, 0.1) is 23.3 Å². The van der Waals surface area contributed by atoms with Gasteiger partial charge in [0.05, 0.1) is 0 Å². The zero-order valence-corrected chi connectivity index (χ0v) is 10.7. The Morgan fingerprint density at radius 1 is 1.00 bits per heavy atom. The monoisotopic (exact) mass is 297 g/mol. The summed E-state index contributed by atoms with van der Waals surface area (Å²) in [5, 5.41) is 0. The zero-order valence-electron chi connectivity index (χ0n) is 10.7.